The van der Waals surface area contributed by atoms with Crippen LogP contribution in [0.4, 0.5) is 0 Å². The molecule has 0 aromatic heterocycles. The van der Waals surface area contributed by atoms with E-state index in [-0.39, 0.29) is 5.41 Å². The van der Waals surface area contributed by atoms with Crippen LogP contribution in [0, 0.1) is 3.57 Å². The van der Waals surface area contributed by atoms with E-state index in [9.17, 15) is 0 Å². The second kappa shape index (κ2) is 3.80. The van der Waals surface area contributed by atoms with Crippen LogP contribution >= 0.6 is 38.5 Å². The minimum absolute atomic E-state index is 0.0182. The van der Waals surface area contributed by atoms with Gasteiger partial charge >= 0.3 is 0 Å². The van der Waals surface area contributed by atoms with Gasteiger partial charge in [-0.1, -0.05) is 13.8 Å². The van der Waals surface area contributed by atoms with Crippen molar-refractivity contribution in [1.29, 1.82) is 0 Å². The van der Waals surface area contributed by atoms with Gasteiger partial charge in [0.2, 0.25) is 0 Å². The van der Waals surface area contributed by atoms with Crippen molar-refractivity contribution in [1.82, 2.24) is 0 Å². The van der Waals surface area contributed by atoms with E-state index >= 15 is 0 Å². The second-order valence-electron chi connectivity index (χ2n) is 4.25. The molecule has 0 fully saturated rings. The Morgan fingerprint density at radius 2 is 2.20 bits per heavy atom. The first-order chi connectivity index (χ1) is 6.97. The molecule has 2 nitrogen and oxygen atoms in total. The average molecular weight is 383 g/mol. The second-order valence-corrected chi connectivity index (χ2v) is 6.27. The third kappa shape index (κ3) is 1.75. The quantitative estimate of drug-likeness (QED) is 0.689. The fraction of sp³-hybridized carbons (Fsp3) is 0.455. The van der Waals surface area contributed by atoms with E-state index in [2.05, 4.69) is 52.4 Å². The van der Waals surface area contributed by atoms with Gasteiger partial charge in [-0.05, 0) is 44.6 Å². The zero-order chi connectivity index (χ0) is 11.2. The van der Waals surface area contributed by atoms with Crippen LogP contribution in [0.3, 0.4) is 0 Å². The topological polar surface area (TPSA) is 18.5 Å². The normalized spacial score (nSPS) is 17.1. The van der Waals surface area contributed by atoms with Gasteiger partial charge in [0.05, 0.1) is 21.8 Å². The van der Waals surface area contributed by atoms with E-state index in [0.29, 0.717) is 6.61 Å². The highest BCUT2D eigenvalue weighted by Crippen LogP contribution is 2.49. The molecule has 1 aliphatic rings. The van der Waals surface area contributed by atoms with E-state index in [0.717, 1.165) is 19.5 Å². The van der Waals surface area contributed by atoms with Crippen LogP contribution in [0.1, 0.15) is 19.4 Å². The number of hydrogen-bond donors (Lipinski definition) is 0. The minimum atomic E-state index is 0.0182. The van der Waals surface area contributed by atoms with Gasteiger partial charge in [-0.3, -0.25) is 0 Å². The molecule has 0 spiro atoms. The van der Waals surface area contributed by atoms with Crippen LogP contribution < -0.4 is 9.47 Å². The molecule has 1 aliphatic heterocycles. The molecule has 2 rings (SSSR count). The largest absolute Gasteiger partial charge is 0.495 e. The third-order valence-corrected chi connectivity index (χ3v) is 3.99. The van der Waals surface area contributed by atoms with E-state index in [1.807, 2.05) is 6.07 Å². The Kier molecular flexibility index (Phi) is 2.92. The van der Waals surface area contributed by atoms with Crippen molar-refractivity contribution < 1.29 is 9.47 Å². The summed E-state index contributed by atoms with van der Waals surface area (Å²) in [4.78, 5) is 0. The van der Waals surface area contributed by atoms with Crippen LogP contribution in [0.5, 0.6) is 11.5 Å². The van der Waals surface area contributed by atoms with Crippen molar-refractivity contribution in [3.63, 3.8) is 0 Å². The molecule has 0 amide bonds. The summed E-state index contributed by atoms with van der Waals surface area (Å²) in [5, 5.41) is 0. The summed E-state index contributed by atoms with van der Waals surface area (Å²) in [5.74, 6) is 1.87. The summed E-state index contributed by atoms with van der Waals surface area (Å²) < 4.78 is 13.3. The Labute approximate surface area is 112 Å². The smallest absolute Gasteiger partial charge is 0.140 e. The first kappa shape index (κ1) is 11.5. The number of hydrogen-bond acceptors (Lipinski definition) is 2. The van der Waals surface area contributed by atoms with Gasteiger partial charge in [0, 0.05) is 11.0 Å². The van der Waals surface area contributed by atoms with Gasteiger partial charge < -0.3 is 9.47 Å². The summed E-state index contributed by atoms with van der Waals surface area (Å²) in [6.07, 6.45) is 0. The van der Waals surface area contributed by atoms with Crippen LogP contribution in [-0.2, 0) is 5.41 Å². The summed E-state index contributed by atoms with van der Waals surface area (Å²) in [7, 11) is 1.70. The average Bonchev–Trinajstić information content (AvgIpc) is 2.44. The number of rotatable bonds is 1. The molecule has 1 aromatic carbocycles. The molecule has 1 heterocycles. The Balaban J connectivity index is 2.74. The number of halogens is 2. The number of ether oxygens (including phenoxy) is 2. The third-order valence-electron chi connectivity index (χ3n) is 2.60. The van der Waals surface area contributed by atoms with Crippen molar-refractivity contribution in [2.45, 2.75) is 19.3 Å². The Hall–Kier alpha value is 0.0300. The lowest BCUT2D eigenvalue weighted by atomic mass is 9.86. The highest BCUT2D eigenvalue weighted by atomic mass is 127. The number of methoxy groups -OCH3 is 1. The van der Waals surface area contributed by atoms with Crippen molar-refractivity contribution in [2.75, 3.05) is 13.7 Å². The Bertz CT molecular complexity index is 416. The molecule has 0 bridgehead atoms. The molecule has 0 unspecified atom stereocenters. The summed E-state index contributed by atoms with van der Waals surface area (Å²) >= 11 is 5.82. The van der Waals surface area contributed by atoms with Crippen molar-refractivity contribution in [3.05, 3.63) is 19.7 Å². The maximum atomic E-state index is 5.73. The summed E-state index contributed by atoms with van der Waals surface area (Å²) in [6, 6.07) is 2.03. The SMILES string of the molecule is COc1c(Br)cc(I)c2c1C(C)(C)CO2. The number of fused-ring (bicyclic) bond motifs is 1. The zero-order valence-corrected chi connectivity index (χ0v) is 12.6. The molecule has 0 saturated heterocycles. The van der Waals surface area contributed by atoms with E-state index in [1.165, 1.54) is 5.56 Å². The molecule has 0 radical (unpaired) electrons. The first-order valence-corrected chi connectivity index (χ1v) is 6.54. The van der Waals surface area contributed by atoms with Crippen molar-refractivity contribution in [2.24, 2.45) is 0 Å². The van der Waals surface area contributed by atoms with Crippen molar-refractivity contribution >= 4 is 38.5 Å². The monoisotopic (exact) mass is 382 g/mol. The number of benzene rings is 1. The molecule has 4 heteroatoms. The Morgan fingerprint density at radius 3 is 2.80 bits per heavy atom. The lowest BCUT2D eigenvalue weighted by molar-refractivity contribution is 0.288. The summed E-state index contributed by atoms with van der Waals surface area (Å²) in [5.41, 5.74) is 1.19. The van der Waals surface area contributed by atoms with Crippen LogP contribution in [0.15, 0.2) is 10.5 Å². The predicted molar refractivity (Wildman–Crippen MR) is 71.9 cm³/mol. The fourth-order valence-corrected chi connectivity index (χ4v) is 3.62. The van der Waals surface area contributed by atoms with Gasteiger partial charge in [0.15, 0.2) is 0 Å². The maximum absolute atomic E-state index is 5.73. The fourth-order valence-electron chi connectivity index (χ4n) is 1.86. The summed E-state index contributed by atoms with van der Waals surface area (Å²) in [6.45, 7) is 5.05. The predicted octanol–water partition coefficient (Wildman–Crippen LogP) is 3.73. The molecule has 0 N–H and O–H groups in total. The molecular formula is C11H12BrIO2. The minimum Gasteiger partial charge on any atom is -0.495 e. The highest BCUT2D eigenvalue weighted by molar-refractivity contribution is 14.1. The van der Waals surface area contributed by atoms with Gasteiger partial charge in [-0.15, -0.1) is 0 Å². The molecular weight excluding hydrogens is 371 g/mol. The van der Waals surface area contributed by atoms with Gasteiger partial charge in [0.25, 0.3) is 0 Å². The molecule has 82 valence electrons. The van der Waals surface area contributed by atoms with Crippen LogP contribution in [-0.4, -0.2) is 13.7 Å². The van der Waals surface area contributed by atoms with Crippen LogP contribution in [0.2, 0.25) is 0 Å². The van der Waals surface area contributed by atoms with Crippen molar-refractivity contribution in [3.8, 4) is 11.5 Å². The van der Waals surface area contributed by atoms with Gasteiger partial charge in [0.1, 0.15) is 11.5 Å². The van der Waals surface area contributed by atoms with E-state index in [4.69, 9.17) is 9.47 Å². The molecule has 15 heavy (non-hydrogen) atoms. The van der Waals surface area contributed by atoms with Gasteiger partial charge in [-0.25, -0.2) is 0 Å². The Morgan fingerprint density at radius 1 is 1.53 bits per heavy atom. The van der Waals surface area contributed by atoms with E-state index < -0.39 is 0 Å². The molecule has 0 aliphatic carbocycles. The maximum Gasteiger partial charge on any atom is 0.140 e. The standard InChI is InChI=1S/C11H12BrIO2/c1-11(2)5-15-10-7(13)4-6(12)9(14-3)8(10)11/h4H,5H2,1-3H3. The molecule has 0 atom stereocenters. The molecule has 1 aromatic rings. The van der Waals surface area contributed by atoms with Gasteiger partial charge in [-0.2, -0.15) is 0 Å². The van der Waals surface area contributed by atoms with Crippen LogP contribution in [0.25, 0.3) is 0 Å². The first-order valence-electron chi connectivity index (χ1n) is 4.66. The van der Waals surface area contributed by atoms with E-state index in [1.54, 1.807) is 7.11 Å². The molecule has 0 saturated carbocycles. The lowest BCUT2D eigenvalue weighted by Gasteiger charge is -2.19. The zero-order valence-electron chi connectivity index (χ0n) is 8.86. The lowest BCUT2D eigenvalue weighted by Crippen LogP contribution is -2.19. The highest BCUT2D eigenvalue weighted by Gasteiger charge is 2.37.